The summed E-state index contributed by atoms with van der Waals surface area (Å²) in [4.78, 5) is 13.4. The summed E-state index contributed by atoms with van der Waals surface area (Å²) >= 11 is 0. The van der Waals surface area contributed by atoms with Gasteiger partial charge in [-0.25, -0.2) is 0 Å². The molecule has 1 saturated heterocycles. The Morgan fingerprint density at radius 3 is 3.07 bits per heavy atom. The minimum atomic E-state index is 0.0293. The highest BCUT2D eigenvalue weighted by Gasteiger charge is 2.21. The molecule has 82 valence electrons. The number of ketones is 1. The first-order chi connectivity index (χ1) is 7.16. The van der Waals surface area contributed by atoms with E-state index in [-0.39, 0.29) is 5.78 Å². The van der Waals surface area contributed by atoms with E-state index in [2.05, 4.69) is 22.1 Å². The Morgan fingerprint density at radius 2 is 2.47 bits per heavy atom. The molecule has 0 aromatic carbocycles. The van der Waals surface area contributed by atoms with Gasteiger partial charge in [0, 0.05) is 25.1 Å². The van der Waals surface area contributed by atoms with Crippen LogP contribution in [0.3, 0.4) is 0 Å². The van der Waals surface area contributed by atoms with Gasteiger partial charge in [-0.05, 0) is 32.5 Å². The standard InChI is InChI=1S/C11H17N3O/c1-8(15)10-6-11(13-12-10)9-4-3-5-14(2)7-9/h6,9H,3-5,7H2,1-2H3,(H,12,13). The first kappa shape index (κ1) is 10.4. The Balaban J connectivity index is 2.11. The molecule has 1 unspecified atom stereocenters. The number of carbonyl (C=O) groups excluding carboxylic acids is 1. The van der Waals surface area contributed by atoms with Crippen LogP contribution >= 0.6 is 0 Å². The zero-order valence-corrected chi connectivity index (χ0v) is 9.29. The van der Waals surface area contributed by atoms with Gasteiger partial charge >= 0.3 is 0 Å². The first-order valence-electron chi connectivity index (χ1n) is 5.41. The molecule has 0 bridgehead atoms. The van der Waals surface area contributed by atoms with E-state index < -0.39 is 0 Å². The maximum absolute atomic E-state index is 11.1. The van der Waals surface area contributed by atoms with Crippen molar-refractivity contribution in [3.8, 4) is 0 Å². The molecule has 0 aliphatic carbocycles. The van der Waals surface area contributed by atoms with E-state index in [1.165, 1.54) is 19.4 Å². The largest absolute Gasteiger partial charge is 0.306 e. The third-order valence-corrected chi connectivity index (χ3v) is 3.02. The molecule has 1 aliphatic rings. The number of Topliss-reactive ketones (excluding diaryl/α,β-unsaturated/α-hetero) is 1. The molecule has 2 heterocycles. The Hall–Kier alpha value is -1.16. The molecule has 1 fully saturated rings. The van der Waals surface area contributed by atoms with Gasteiger partial charge < -0.3 is 4.90 Å². The van der Waals surface area contributed by atoms with Crippen LogP contribution in [0.2, 0.25) is 0 Å². The molecule has 1 N–H and O–H groups in total. The average Bonchev–Trinajstić information content (AvgIpc) is 2.66. The summed E-state index contributed by atoms with van der Waals surface area (Å²) in [5.41, 5.74) is 1.66. The molecule has 1 atom stereocenters. The fraction of sp³-hybridized carbons (Fsp3) is 0.636. The van der Waals surface area contributed by atoms with Crippen LogP contribution in [0, 0.1) is 0 Å². The maximum atomic E-state index is 11.1. The van der Waals surface area contributed by atoms with Gasteiger partial charge in [0.15, 0.2) is 5.78 Å². The summed E-state index contributed by atoms with van der Waals surface area (Å²) in [5.74, 6) is 0.533. The van der Waals surface area contributed by atoms with Crippen LogP contribution in [-0.2, 0) is 0 Å². The van der Waals surface area contributed by atoms with Gasteiger partial charge in [-0.15, -0.1) is 0 Å². The van der Waals surface area contributed by atoms with Crippen molar-refractivity contribution in [2.45, 2.75) is 25.7 Å². The van der Waals surface area contributed by atoms with Crippen molar-refractivity contribution in [2.24, 2.45) is 0 Å². The van der Waals surface area contributed by atoms with Crippen molar-refractivity contribution >= 4 is 5.78 Å². The first-order valence-corrected chi connectivity index (χ1v) is 5.41. The van der Waals surface area contributed by atoms with Crippen molar-refractivity contribution in [1.29, 1.82) is 0 Å². The number of nitrogens with one attached hydrogen (secondary N) is 1. The molecular weight excluding hydrogens is 190 g/mol. The van der Waals surface area contributed by atoms with E-state index in [1.54, 1.807) is 6.92 Å². The quantitative estimate of drug-likeness (QED) is 0.746. The maximum Gasteiger partial charge on any atom is 0.179 e. The normalized spacial score (nSPS) is 22.9. The molecule has 1 aliphatic heterocycles. The lowest BCUT2D eigenvalue weighted by Crippen LogP contribution is -2.30. The summed E-state index contributed by atoms with van der Waals surface area (Å²) in [6.07, 6.45) is 2.40. The number of nitrogens with zero attached hydrogens (tertiary/aromatic N) is 2. The smallest absolute Gasteiger partial charge is 0.179 e. The van der Waals surface area contributed by atoms with Crippen LogP contribution < -0.4 is 0 Å². The van der Waals surface area contributed by atoms with Crippen LogP contribution in [0.1, 0.15) is 41.9 Å². The Kier molecular flexibility index (Phi) is 2.86. The van der Waals surface area contributed by atoms with Gasteiger partial charge in [-0.2, -0.15) is 5.10 Å². The van der Waals surface area contributed by atoms with E-state index in [4.69, 9.17) is 0 Å². The van der Waals surface area contributed by atoms with Gasteiger partial charge in [0.05, 0.1) is 0 Å². The van der Waals surface area contributed by atoms with Crippen molar-refractivity contribution in [3.05, 3.63) is 17.5 Å². The number of piperidine rings is 1. The van der Waals surface area contributed by atoms with Crippen LogP contribution in [0.5, 0.6) is 0 Å². The zero-order chi connectivity index (χ0) is 10.8. The monoisotopic (exact) mass is 207 g/mol. The second-order valence-electron chi connectivity index (χ2n) is 4.37. The number of carbonyl (C=O) groups is 1. The third kappa shape index (κ3) is 2.26. The van der Waals surface area contributed by atoms with Gasteiger partial charge in [-0.3, -0.25) is 9.89 Å². The van der Waals surface area contributed by atoms with Crippen LogP contribution in [0.4, 0.5) is 0 Å². The predicted octanol–water partition coefficient (Wildman–Crippen LogP) is 1.42. The number of H-pyrrole nitrogens is 1. The highest BCUT2D eigenvalue weighted by atomic mass is 16.1. The molecule has 1 aromatic heterocycles. The number of aromatic amines is 1. The summed E-state index contributed by atoms with van der Waals surface area (Å²) in [6, 6.07) is 1.90. The zero-order valence-electron chi connectivity index (χ0n) is 9.29. The molecule has 2 rings (SSSR count). The minimum Gasteiger partial charge on any atom is -0.306 e. The minimum absolute atomic E-state index is 0.0293. The highest BCUT2D eigenvalue weighted by molar-refractivity contribution is 5.92. The molecular formula is C11H17N3O. The fourth-order valence-electron chi connectivity index (χ4n) is 2.15. The molecule has 0 saturated carbocycles. The van der Waals surface area contributed by atoms with Crippen molar-refractivity contribution < 1.29 is 4.79 Å². The van der Waals surface area contributed by atoms with E-state index >= 15 is 0 Å². The van der Waals surface area contributed by atoms with Crippen molar-refractivity contribution in [3.63, 3.8) is 0 Å². The van der Waals surface area contributed by atoms with Crippen LogP contribution in [0.25, 0.3) is 0 Å². The number of hydrogen-bond acceptors (Lipinski definition) is 3. The molecule has 4 heteroatoms. The molecule has 4 nitrogen and oxygen atoms in total. The van der Waals surface area contributed by atoms with E-state index in [0.717, 1.165) is 12.2 Å². The van der Waals surface area contributed by atoms with Gasteiger partial charge in [-0.1, -0.05) is 0 Å². The average molecular weight is 207 g/mol. The molecule has 0 spiro atoms. The SMILES string of the molecule is CC(=O)c1cc(C2CCCN(C)C2)[nH]n1. The van der Waals surface area contributed by atoms with E-state index in [9.17, 15) is 4.79 Å². The number of hydrogen-bond donors (Lipinski definition) is 1. The van der Waals surface area contributed by atoms with Crippen molar-refractivity contribution in [1.82, 2.24) is 15.1 Å². The Morgan fingerprint density at radius 1 is 1.67 bits per heavy atom. The number of likely N-dealkylation sites (N-methyl/N-ethyl adjacent to an activating group) is 1. The topological polar surface area (TPSA) is 49.0 Å². The summed E-state index contributed by atoms with van der Waals surface area (Å²) in [6.45, 7) is 3.77. The lowest BCUT2D eigenvalue weighted by atomic mass is 9.95. The second kappa shape index (κ2) is 4.14. The lowest BCUT2D eigenvalue weighted by Gasteiger charge is -2.28. The lowest BCUT2D eigenvalue weighted by molar-refractivity contribution is 0.101. The molecule has 1 aromatic rings. The number of aromatic nitrogens is 2. The van der Waals surface area contributed by atoms with Gasteiger partial charge in [0.1, 0.15) is 5.69 Å². The van der Waals surface area contributed by atoms with Crippen LogP contribution in [0.15, 0.2) is 6.07 Å². The summed E-state index contributed by atoms with van der Waals surface area (Å²) in [5, 5.41) is 7.00. The fourth-order valence-corrected chi connectivity index (χ4v) is 2.15. The van der Waals surface area contributed by atoms with Gasteiger partial charge in [0.25, 0.3) is 0 Å². The Labute approximate surface area is 89.7 Å². The van der Waals surface area contributed by atoms with E-state index in [0.29, 0.717) is 11.6 Å². The summed E-state index contributed by atoms with van der Waals surface area (Å²) < 4.78 is 0. The van der Waals surface area contributed by atoms with Gasteiger partial charge in [0.2, 0.25) is 0 Å². The molecule has 0 amide bonds. The number of likely N-dealkylation sites (tertiary alicyclic amines) is 1. The third-order valence-electron chi connectivity index (χ3n) is 3.02. The Bertz CT molecular complexity index is 358. The predicted molar refractivity (Wildman–Crippen MR) is 58.1 cm³/mol. The summed E-state index contributed by atoms with van der Waals surface area (Å²) in [7, 11) is 2.13. The molecule has 15 heavy (non-hydrogen) atoms. The van der Waals surface area contributed by atoms with Crippen molar-refractivity contribution in [2.75, 3.05) is 20.1 Å². The molecule has 0 radical (unpaired) electrons. The number of rotatable bonds is 2. The van der Waals surface area contributed by atoms with E-state index in [1.807, 2.05) is 6.07 Å². The highest BCUT2D eigenvalue weighted by Crippen LogP contribution is 2.24. The second-order valence-corrected chi connectivity index (χ2v) is 4.37. The van der Waals surface area contributed by atoms with Crippen LogP contribution in [-0.4, -0.2) is 41.0 Å².